The third kappa shape index (κ3) is 1.50. The van der Waals surface area contributed by atoms with E-state index in [1.807, 2.05) is 20.8 Å². The summed E-state index contributed by atoms with van der Waals surface area (Å²) in [7, 11) is 0. The van der Waals surface area contributed by atoms with Crippen LogP contribution in [-0.2, 0) is 4.74 Å². The minimum atomic E-state index is -0.168. The van der Waals surface area contributed by atoms with Crippen molar-refractivity contribution >= 4 is 0 Å². The first-order valence-corrected chi connectivity index (χ1v) is 3.94. The van der Waals surface area contributed by atoms with Crippen LogP contribution in [0.1, 0.15) is 27.2 Å². The first-order valence-electron chi connectivity index (χ1n) is 3.94. The van der Waals surface area contributed by atoms with E-state index in [1.54, 1.807) is 0 Å². The molecule has 3 unspecified atom stereocenters. The van der Waals surface area contributed by atoms with E-state index in [0.717, 1.165) is 6.42 Å². The molecule has 1 heterocycles. The highest BCUT2D eigenvalue weighted by Gasteiger charge is 2.29. The van der Waals surface area contributed by atoms with Gasteiger partial charge in [0, 0.05) is 5.92 Å². The Hall–Kier alpha value is -0.0800. The van der Waals surface area contributed by atoms with E-state index in [4.69, 9.17) is 4.74 Å². The number of aliphatic hydroxyl groups excluding tert-OH is 1. The van der Waals surface area contributed by atoms with E-state index in [1.165, 1.54) is 0 Å². The normalized spacial score (nSPS) is 49.2. The average Bonchev–Trinajstić information content (AvgIpc) is 1.82. The standard InChI is InChI=1S/C8H16O2/c1-5-4-8(9)6(2)7(3)10-5/h5-9H,4H2,1-3H3/t5?,6-,7?,8?/m0/s1. The Morgan fingerprint density at radius 2 is 1.90 bits per heavy atom. The summed E-state index contributed by atoms with van der Waals surface area (Å²) in [5, 5.41) is 9.44. The number of aliphatic hydroxyl groups is 1. The molecule has 1 aliphatic heterocycles. The zero-order valence-corrected chi connectivity index (χ0v) is 6.87. The molecule has 0 aromatic carbocycles. The van der Waals surface area contributed by atoms with Crippen LogP contribution in [-0.4, -0.2) is 23.4 Å². The Morgan fingerprint density at radius 3 is 2.40 bits per heavy atom. The largest absolute Gasteiger partial charge is 0.393 e. The predicted octanol–water partition coefficient (Wildman–Crippen LogP) is 1.18. The van der Waals surface area contributed by atoms with Crippen LogP contribution in [0, 0.1) is 5.92 Å². The molecule has 2 heteroatoms. The van der Waals surface area contributed by atoms with Crippen LogP contribution in [0.4, 0.5) is 0 Å². The van der Waals surface area contributed by atoms with Crippen molar-refractivity contribution in [1.29, 1.82) is 0 Å². The third-order valence-electron chi connectivity index (χ3n) is 2.37. The van der Waals surface area contributed by atoms with Crippen LogP contribution in [0.3, 0.4) is 0 Å². The van der Waals surface area contributed by atoms with Gasteiger partial charge < -0.3 is 9.84 Å². The fourth-order valence-corrected chi connectivity index (χ4v) is 1.41. The van der Waals surface area contributed by atoms with Gasteiger partial charge in [-0.2, -0.15) is 0 Å². The Kier molecular flexibility index (Phi) is 2.32. The maximum absolute atomic E-state index is 9.44. The van der Waals surface area contributed by atoms with E-state index < -0.39 is 0 Å². The SMILES string of the molecule is CC1CC(O)[C@@H](C)C(C)O1. The van der Waals surface area contributed by atoms with Crippen LogP contribution in [0.5, 0.6) is 0 Å². The second kappa shape index (κ2) is 2.89. The molecule has 0 radical (unpaired) electrons. The van der Waals surface area contributed by atoms with Gasteiger partial charge in [-0.05, 0) is 20.3 Å². The van der Waals surface area contributed by atoms with Gasteiger partial charge in [-0.3, -0.25) is 0 Å². The quantitative estimate of drug-likeness (QED) is 0.553. The van der Waals surface area contributed by atoms with Crippen LogP contribution in [0.25, 0.3) is 0 Å². The van der Waals surface area contributed by atoms with E-state index >= 15 is 0 Å². The number of ether oxygens (including phenoxy) is 1. The summed E-state index contributed by atoms with van der Waals surface area (Å²) in [4.78, 5) is 0. The molecule has 1 fully saturated rings. The summed E-state index contributed by atoms with van der Waals surface area (Å²) in [5.41, 5.74) is 0. The molecule has 1 saturated heterocycles. The lowest BCUT2D eigenvalue weighted by Crippen LogP contribution is -2.40. The van der Waals surface area contributed by atoms with Crippen molar-refractivity contribution in [2.24, 2.45) is 5.92 Å². The average molecular weight is 144 g/mol. The lowest BCUT2D eigenvalue weighted by molar-refractivity contribution is -0.115. The van der Waals surface area contributed by atoms with Gasteiger partial charge in [0.15, 0.2) is 0 Å². The van der Waals surface area contributed by atoms with E-state index in [-0.39, 0.29) is 24.2 Å². The van der Waals surface area contributed by atoms with Crippen LogP contribution in [0.15, 0.2) is 0 Å². The Labute approximate surface area is 62.2 Å². The van der Waals surface area contributed by atoms with Crippen molar-refractivity contribution in [3.05, 3.63) is 0 Å². The first kappa shape index (κ1) is 8.02. The topological polar surface area (TPSA) is 29.5 Å². The van der Waals surface area contributed by atoms with E-state index in [9.17, 15) is 5.11 Å². The van der Waals surface area contributed by atoms with Gasteiger partial charge in [0.1, 0.15) is 0 Å². The van der Waals surface area contributed by atoms with Crippen molar-refractivity contribution in [1.82, 2.24) is 0 Å². The smallest absolute Gasteiger partial charge is 0.0615 e. The Balaban J connectivity index is 2.49. The predicted molar refractivity (Wildman–Crippen MR) is 39.8 cm³/mol. The maximum atomic E-state index is 9.44. The van der Waals surface area contributed by atoms with Gasteiger partial charge in [0.25, 0.3) is 0 Å². The summed E-state index contributed by atoms with van der Waals surface area (Å²) in [5.74, 6) is 0.288. The fourth-order valence-electron chi connectivity index (χ4n) is 1.41. The highest BCUT2D eigenvalue weighted by molar-refractivity contribution is 4.78. The maximum Gasteiger partial charge on any atom is 0.0615 e. The molecule has 0 bridgehead atoms. The van der Waals surface area contributed by atoms with Crippen molar-refractivity contribution in [3.63, 3.8) is 0 Å². The lowest BCUT2D eigenvalue weighted by Gasteiger charge is -2.34. The van der Waals surface area contributed by atoms with Gasteiger partial charge in [0.2, 0.25) is 0 Å². The molecule has 0 spiro atoms. The van der Waals surface area contributed by atoms with Crippen LogP contribution < -0.4 is 0 Å². The molecule has 0 saturated carbocycles. The number of hydrogen-bond acceptors (Lipinski definition) is 2. The second-order valence-electron chi connectivity index (χ2n) is 3.31. The zero-order chi connectivity index (χ0) is 7.72. The van der Waals surface area contributed by atoms with Crippen LogP contribution in [0.2, 0.25) is 0 Å². The highest BCUT2D eigenvalue weighted by Crippen LogP contribution is 2.24. The van der Waals surface area contributed by atoms with E-state index in [0.29, 0.717) is 0 Å². The summed E-state index contributed by atoms with van der Waals surface area (Å²) >= 11 is 0. The van der Waals surface area contributed by atoms with Gasteiger partial charge >= 0.3 is 0 Å². The zero-order valence-electron chi connectivity index (χ0n) is 6.87. The molecule has 0 amide bonds. The minimum Gasteiger partial charge on any atom is -0.393 e. The number of rotatable bonds is 0. The lowest BCUT2D eigenvalue weighted by atomic mass is 9.92. The molecule has 60 valence electrons. The van der Waals surface area contributed by atoms with Crippen molar-refractivity contribution < 1.29 is 9.84 Å². The Morgan fingerprint density at radius 1 is 1.30 bits per heavy atom. The van der Waals surface area contributed by atoms with Gasteiger partial charge in [-0.15, -0.1) is 0 Å². The Bertz CT molecular complexity index is 102. The molecule has 10 heavy (non-hydrogen) atoms. The van der Waals surface area contributed by atoms with Crippen molar-refractivity contribution in [2.45, 2.75) is 45.5 Å². The van der Waals surface area contributed by atoms with E-state index in [2.05, 4.69) is 0 Å². The molecular weight excluding hydrogens is 128 g/mol. The summed E-state index contributed by atoms with van der Waals surface area (Å²) in [6.07, 6.45) is 1.05. The molecule has 4 atom stereocenters. The summed E-state index contributed by atoms with van der Waals surface area (Å²) < 4.78 is 5.51. The molecule has 0 aromatic heterocycles. The molecule has 0 aromatic rings. The first-order chi connectivity index (χ1) is 4.61. The van der Waals surface area contributed by atoms with Crippen molar-refractivity contribution in [2.75, 3.05) is 0 Å². The van der Waals surface area contributed by atoms with Crippen LogP contribution >= 0.6 is 0 Å². The number of hydrogen-bond donors (Lipinski definition) is 1. The van der Waals surface area contributed by atoms with Gasteiger partial charge in [0.05, 0.1) is 18.3 Å². The monoisotopic (exact) mass is 144 g/mol. The fraction of sp³-hybridized carbons (Fsp3) is 1.00. The molecular formula is C8H16O2. The molecule has 1 aliphatic rings. The minimum absolute atomic E-state index is 0.168. The third-order valence-corrected chi connectivity index (χ3v) is 2.37. The second-order valence-corrected chi connectivity index (χ2v) is 3.31. The summed E-state index contributed by atoms with van der Waals surface area (Å²) in [6.45, 7) is 6.05. The molecule has 2 nitrogen and oxygen atoms in total. The molecule has 0 aliphatic carbocycles. The highest BCUT2D eigenvalue weighted by atomic mass is 16.5. The van der Waals surface area contributed by atoms with Gasteiger partial charge in [-0.25, -0.2) is 0 Å². The molecule has 1 rings (SSSR count). The van der Waals surface area contributed by atoms with Crippen molar-refractivity contribution in [3.8, 4) is 0 Å². The van der Waals surface area contributed by atoms with Gasteiger partial charge in [-0.1, -0.05) is 6.92 Å². The summed E-state index contributed by atoms with van der Waals surface area (Å²) in [6, 6.07) is 0. The molecule has 1 N–H and O–H groups in total.